The minimum absolute atomic E-state index is 0.0236. The van der Waals surface area contributed by atoms with E-state index in [1.165, 1.54) is 12.0 Å². The van der Waals surface area contributed by atoms with Crippen molar-refractivity contribution in [1.82, 2.24) is 15.3 Å². The van der Waals surface area contributed by atoms with E-state index < -0.39 is 0 Å². The number of hydrogen-bond donors (Lipinski definition) is 1. The minimum Gasteiger partial charge on any atom is -0.351 e. The van der Waals surface area contributed by atoms with E-state index in [2.05, 4.69) is 39.2 Å². The lowest BCUT2D eigenvalue weighted by atomic mass is 10.0. The molecule has 3 aromatic rings. The fourth-order valence-corrected chi connectivity index (χ4v) is 3.78. The van der Waals surface area contributed by atoms with Gasteiger partial charge in [0.25, 0.3) is 5.91 Å². The molecule has 1 atom stereocenters. The van der Waals surface area contributed by atoms with Crippen molar-refractivity contribution in [2.75, 3.05) is 18.0 Å². The summed E-state index contributed by atoms with van der Waals surface area (Å²) in [4.78, 5) is 23.8. The first kappa shape index (κ1) is 17.5. The molecule has 0 spiro atoms. The number of hydrogen-bond acceptors (Lipinski definition) is 4. The Morgan fingerprint density at radius 2 is 2.00 bits per heavy atom. The van der Waals surface area contributed by atoms with Crippen LogP contribution in [0.2, 0.25) is 0 Å². The van der Waals surface area contributed by atoms with Crippen LogP contribution < -0.4 is 10.2 Å². The molecule has 2 heterocycles. The van der Waals surface area contributed by atoms with Crippen molar-refractivity contribution in [2.45, 2.75) is 32.2 Å². The van der Waals surface area contributed by atoms with Crippen LogP contribution in [0.3, 0.4) is 0 Å². The van der Waals surface area contributed by atoms with Gasteiger partial charge in [0.1, 0.15) is 12.1 Å². The number of benzene rings is 2. The zero-order valence-electron chi connectivity index (χ0n) is 15.6. The van der Waals surface area contributed by atoms with Crippen LogP contribution in [-0.4, -0.2) is 35.0 Å². The van der Waals surface area contributed by atoms with Crippen molar-refractivity contribution in [3.63, 3.8) is 0 Å². The second kappa shape index (κ2) is 7.74. The van der Waals surface area contributed by atoms with Crippen molar-refractivity contribution in [3.05, 3.63) is 66.0 Å². The zero-order chi connectivity index (χ0) is 18.6. The second-order valence-electron chi connectivity index (χ2n) is 7.14. The van der Waals surface area contributed by atoms with E-state index in [0.29, 0.717) is 12.1 Å². The highest BCUT2D eigenvalue weighted by Gasteiger charge is 2.25. The van der Waals surface area contributed by atoms with Crippen LogP contribution in [0.5, 0.6) is 0 Å². The molecular weight excluding hydrogens is 336 g/mol. The van der Waals surface area contributed by atoms with Crippen LogP contribution in [-0.2, 0) is 0 Å². The van der Waals surface area contributed by atoms with E-state index in [9.17, 15) is 4.79 Å². The normalized spacial score (nSPS) is 17.1. The van der Waals surface area contributed by atoms with E-state index >= 15 is 0 Å². The highest BCUT2D eigenvalue weighted by molar-refractivity contribution is 5.94. The lowest BCUT2D eigenvalue weighted by Crippen LogP contribution is -2.47. The molecule has 1 aliphatic rings. The quantitative estimate of drug-likeness (QED) is 0.770. The first-order valence-corrected chi connectivity index (χ1v) is 9.53. The van der Waals surface area contributed by atoms with E-state index in [1.54, 1.807) is 6.33 Å². The highest BCUT2D eigenvalue weighted by atomic mass is 16.1. The van der Waals surface area contributed by atoms with Gasteiger partial charge in [-0.05, 0) is 50.5 Å². The maximum Gasteiger partial charge on any atom is 0.251 e. The van der Waals surface area contributed by atoms with Crippen molar-refractivity contribution >= 4 is 22.6 Å². The Balaban J connectivity index is 1.56. The van der Waals surface area contributed by atoms with Gasteiger partial charge >= 0.3 is 0 Å². The summed E-state index contributed by atoms with van der Waals surface area (Å²) in [6.07, 6.45) is 5.00. The lowest BCUT2D eigenvalue weighted by Gasteiger charge is -2.37. The van der Waals surface area contributed by atoms with Gasteiger partial charge < -0.3 is 10.2 Å². The van der Waals surface area contributed by atoms with Crippen molar-refractivity contribution in [1.29, 1.82) is 0 Å². The third-order valence-electron chi connectivity index (χ3n) is 5.20. The Morgan fingerprint density at radius 3 is 2.85 bits per heavy atom. The summed E-state index contributed by atoms with van der Waals surface area (Å²) in [6.45, 7) is 3.65. The second-order valence-corrected chi connectivity index (χ2v) is 7.14. The molecule has 4 rings (SSSR count). The number of rotatable bonds is 4. The predicted octanol–water partition coefficient (Wildman–Crippen LogP) is 3.73. The minimum atomic E-state index is -0.0236. The van der Waals surface area contributed by atoms with Gasteiger partial charge in [-0.2, -0.15) is 0 Å². The fraction of sp³-hybridized carbons (Fsp3) is 0.318. The number of piperidine rings is 1. The molecule has 1 aliphatic heterocycles. The summed E-state index contributed by atoms with van der Waals surface area (Å²) in [5.41, 5.74) is 2.86. The molecule has 1 amide bonds. The molecule has 1 unspecified atom stereocenters. The van der Waals surface area contributed by atoms with E-state index in [-0.39, 0.29) is 11.9 Å². The number of fused-ring (bicyclic) bond motifs is 1. The summed E-state index contributed by atoms with van der Waals surface area (Å²) < 4.78 is 0. The molecule has 1 N–H and O–H groups in total. The number of amides is 1. The van der Waals surface area contributed by atoms with Gasteiger partial charge in [-0.1, -0.05) is 29.8 Å². The number of carbonyl (C=O) groups excluding carboxylic acids is 1. The Hall–Kier alpha value is -2.95. The third kappa shape index (κ3) is 3.77. The average molecular weight is 360 g/mol. The zero-order valence-corrected chi connectivity index (χ0v) is 15.6. The van der Waals surface area contributed by atoms with E-state index in [1.807, 2.05) is 36.4 Å². The molecule has 1 aromatic heterocycles. The molecule has 1 saturated heterocycles. The van der Waals surface area contributed by atoms with Crippen LogP contribution in [0.4, 0.5) is 5.82 Å². The number of nitrogens with one attached hydrogen (secondary N) is 1. The number of nitrogens with zero attached hydrogens (tertiary/aromatic N) is 3. The molecule has 1 fully saturated rings. The van der Waals surface area contributed by atoms with Gasteiger partial charge in [-0.15, -0.1) is 0 Å². The van der Waals surface area contributed by atoms with Gasteiger partial charge in [-0.25, -0.2) is 9.97 Å². The SMILES string of the molecule is Cc1ccc2ncnc(N3CCCCC3CNC(=O)c3ccccc3)c2c1. The van der Waals surface area contributed by atoms with Crippen LogP contribution in [0.15, 0.2) is 54.9 Å². The standard InChI is InChI=1S/C22H24N4O/c1-16-10-11-20-19(13-16)21(25-15-24-20)26-12-6-5-9-18(26)14-23-22(27)17-7-3-2-4-8-17/h2-4,7-8,10-11,13,15,18H,5-6,9,12,14H2,1H3,(H,23,27). The van der Waals surface area contributed by atoms with Gasteiger partial charge in [0.15, 0.2) is 0 Å². The molecule has 27 heavy (non-hydrogen) atoms. The van der Waals surface area contributed by atoms with Crippen LogP contribution in [0.25, 0.3) is 10.9 Å². The number of carbonyl (C=O) groups is 1. The van der Waals surface area contributed by atoms with Crippen LogP contribution >= 0.6 is 0 Å². The Bertz CT molecular complexity index is 941. The monoisotopic (exact) mass is 360 g/mol. The Morgan fingerprint density at radius 1 is 1.15 bits per heavy atom. The summed E-state index contributed by atoms with van der Waals surface area (Å²) in [6, 6.07) is 15.9. The highest BCUT2D eigenvalue weighted by Crippen LogP contribution is 2.29. The van der Waals surface area contributed by atoms with Gasteiger partial charge in [0.2, 0.25) is 0 Å². The first-order chi connectivity index (χ1) is 13.2. The summed E-state index contributed by atoms with van der Waals surface area (Å²) >= 11 is 0. The summed E-state index contributed by atoms with van der Waals surface area (Å²) in [5.74, 6) is 0.951. The third-order valence-corrected chi connectivity index (χ3v) is 5.20. The molecule has 0 bridgehead atoms. The van der Waals surface area contributed by atoms with Crippen LogP contribution in [0, 0.1) is 6.92 Å². The number of anilines is 1. The molecular formula is C22H24N4O. The Labute approximate surface area is 159 Å². The Kier molecular flexibility index (Phi) is 5.01. The van der Waals surface area contributed by atoms with Crippen LogP contribution in [0.1, 0.15) is 35.2 Å². The van der Waals surface area contributed by atoms with Crippen molar-refractivity contribution in [3.8, 4) is 0 Å². The molecule has 5 nitrogen and oxygen atoms in total. The maximum atomic E-state index is 12.4. The smallest absolute Gasteiger partial charge is 0.251 e. The van der Waals surface area contributed by atoms with Gasteiger partial charge in [0.05, 0.1) is 5.52 Å². The number of aromatic nitrogens is 2. The van der Waals surface area contributed by atoms with E-state index in [0.717, 1.165) is 36.1 Å². The molecule has 2 aromatic carbocycles. The number of aryl methyl sites for hydroxylation is 1. The fourth-order valence-electron chi connectivity index (χ4n) is 3.78. The molecule has 0 radical (unpaired) electrons. The molecule has 138 valence electrons. The summed E-state index contributed by atoms with van der Waals surface area (Å²) in [5, 5.41) is 4.19. The van der Waals surface area contributed by atoms with Crippen molar-refractivity contribution in [2.24, 2.45) is 0 Å². The lowest BCUT2D eigenvalue weighted by molar-refractivity contribution is 0.0949. The van der Waals surface area contributed by atoms with Gasteiger partial charge in [-0.3, -0.25) is 4.79 Å². The molecule has 0 aliphatic carbocycles. The maximum absolute atomic E-state index is 12.4. The predicted molar refractivity (Wildman–Crippen MR) is 108 cm³/mol. The largest absolute Gasteiger partial charge is 0.351 e. The average Bonchev–Trinajstić information content (AvgIpc) is 2.72. The summed E-state index contributed by atoms with van der Waals surface area (Å²) in [7, 11) is 0. The molecule has 0 saturated carbocycles. The molecule has 5 heteroatoms. The van der Waals surface area contributed by atoms with Crippen molar-refractivity contribution < 1.29 is 4.79 Å². The van der Waals surface area contributed by atoms with Gasteiger partial charge in [0, 0.05) is 30.1 Å². The first-order valence-electron chi connectivity index (χ1n) is 9.53. The topological polar surface area (TPSA) is 58.1 Å². The van der Waals surface area contributed by atoms with E-state index in [4.69, 9.17) is 0 Å².